The molecular weight excluding hydrogens is 272 g/mol. The summed E-state index contributed by atoms with van der Waals surface area (Å²) in [5, 5.41) is 2.99. The van der Waals surface area contributed by atoms with Gasteiger partial charge in [0.15, 0.2) is 0 Å². The fourth-order valence-corrected chi connectivity index (χ4v) is 2.49. The molecule has 0 fully saturated rings. The molecule has 0 unspecified atom stereocenters. The molecule has 3 heteroatoms. The van der Waals surface area contributed by atoms with Crippen LogP contribution >= 0.6 is 0 Å². The van der Waals surface area contributed by atoms with E-state index in [0.29, 0.717) is 6.54 Å². The molecule has 0 spiro atoms. The molecule has 0 heterocycles. The minimum absolute atomic E-state index is 0.00304. The van der Waals surface area contributed by atoms with Gasteiger partial charge < -0.3 is 10.2 Å². The molecule has 0 saturated heterocycles. The van der Waals surface area contributed by atoms with Gasteiger partial charge in [-0.25, -0.2) is 0 Å². The number of nitrogens with zero attached hydrogens (tertiary/aromatic N) is 1. The molecule has 0 aliphatic rings. The highest BCUT2D eigenvalue weighted by Gasteiger charge is 2.06. The van der Waals surface area contributed by atoms with E-state index in [9.17, 15) is 4.79 Å². The van der Waals surface area contributed by atoms with Crippen molar-refractivity contribution in [1.82, 2.24) is 5.32 Å². The number of benzene rings is 2. The van der Waals surface area contributed by atoms with Crippen molar-refractivity contribution in [2.75, 3.05) is 25.5 Å². The van der Waals surface area contributed by atoms with Gasteiger partial charge in [0, 0.05) is 31.9 Å². The van der Waals surface area contributed by atoms with Gasteiger partial charge in [-0.3, -0.25) is 4.79 Å². The van der Waals surface area contributed by atoms with Crippen molar-refractivity contribution in [2.45, 2.75) is 20.3 Å². The quantitative estimate of drug-likeness (QED) is 0.918. The van der Waals surface area contributed by atoms with Crippen LogP contribution in [0.15, 0.2) is 42.5 Å². The Morgan fingerprint density at radius 2 is 1.59 bits per heavy atom. The average molecular weight is 296 g/mol. The van der Waals surface area contributed by atoms with Crippen LogP contribution in [0.4, 0.5) is 5.69 Å². The summed E-state index contributed by atoms with van der Waals surface area (Å²) in [6.45, 7) is 4.67. The molecule has 0 aromatic heterocycles. The molecular formula is C19H24N2O. The maximum Gasteiger partial charge on any atom is 0.251 e. The second-order valence-corrected chi connectivity index (χ2v) is 5.94. The van der Waals surface area contributed by atoms with Crippen molar-refractivity contribution in [3.63, 3.8) is 0 Å². The van der Waals surface area contributed by atoms with Crippen molar-refractivity contribution in [2.24, 2.45) is 0 Å². The number of hydrogen-bond donors (Lipinski definition) is 1. The molecule has 0 radical (unpaired) electrons. The molecule has 2 aromatic rings. The fraction of sp³-hybridized carbons (Fsp3) is 0.316. The van der Waals surface area contributed by atoms with Crippen LogP contribution in [0.3, 0.4) is 0 Å². The second-order valence-electron chi connectivity index (χ2n) is 5.94. The Labute approximate surface area is 133 Å². The lowest BCUT2D eigenvalue weighted by molar-refractivity contribution is 0.0954. The number of rotatable bonds is 5. The Kier molecular flexibility index (Phi) is 5.21. The predicted molar refractivity (Wildman–Crippen MR) is 92.7 cm³/mol. The first-order valence-corrected chi connectivity index (χ1v) is 7.58. The molecule has 0 bridgehead atoms. The third-order valence-corrected chi connectivity index (χ3v) is 3.64. The lowest BCUT2D eigenvalue weighted by Crippen LogP contribution is -2.25. The molecule has 1 N–H and O–H groups in total. The average Bonchev–Trinajstić information content (AvgIpc) is 2.46. The van der Waals surface area contributed by atoms with Gasteiger partial charge in [0.25, 0.3) is 5.91 Å². The molecule has 116 valence electrons. The van der Waals surface area contributed by atoms with Gasteiger partial charge in [-0.1, -0.05) is 29.3 Å². The van der Waals surface area contributed by atoms with Gasteiger partial charge in [-0.05, 0) is 50.1 Å². The van der Waals surface area contributed by atoms with Gasteiger partial charge >= 0.3 is 0 Å². The summed E-state index contributed by atoms with van der Waals surface area (Å²) in [6, 6.07) is 14.3. The van der Waals surface area contributed by atoms with Crippen LogP contribution in [0.5, 0.6) is 0 Å². The largest absolute Gasteiger partial charge is 0.378 e. The third-order valence-electron chi connectivity index (χ3n) is 3.64. The Balaban J connectivity index is 1.89. The monoisotopic (exact) mass is 296 g/mol. The maximum absolute atomic E-state index is 12.2. The van der Waals surface area contributed by atoms with E-state index in [2.05, 4.69) is 40.5 Å². The molecule has 1 amide bonds. The standard InChI is InChI=1S/C19H24N2O/c1-14-11-15(2)13-17(12-14)19(22)20-10-9-16-5-7-18(8-6-16)21(3)4/h5-8,11-13H,9-10H2,1-4H3,(H,20,22). The smallest absolute Gasteiger partial charge is 0.251 e. The minimum atomic E-state index is -0.00304. The summed E-state index contributed by atoms with van der Waals surface area (Å²) in [5.41, 5.74) is 5.38. The second kappa shape index (κ2) is 7.12. The first kappa shape index (κ1) is 16.1. The number of nitrogens with one attached hydrogen (secondary N) is 1. The molecule has 0 saturated carbocycles. The molecule has 2 aromatic carbocycles. The van der Waals surface area contributed by atoms with Crippen molar-refractivity contribution >= 4 is 11.6 Å². The van der Waals surface area contributed by atoms with Gasteiger partial charge in [-0.15, -0.1) is 0 Å². The predicted octanol–water partition coefficient (Wildman–Crippen LogP) is 3.34. The van der Waals surface area contributed by atoms with E-state index >= 15 is 0 Å². The fourth-order valence-electron chi connectivity index (χ4n) is 2.49. The first-order valence-electron chi connectivity index (χ1n) is 7.58. The summed E-state index contributed by atoms with van der Waals surface area (Å²) in [5.74, 6) is -0.00304. The zero-order valence-corrected chi connectivity index (χ0v) is 13.8. The van der Waals surface area contributed by atoms with E-state index in [0.717, 1.165) is 23.1 Å². The van der Waals surface area contributed by atoms with Crippen LogP contribution in [0.25, 0.3) is 0 Å². The van der Waals surface area contributed by atoms with Crippen molar-refractivity contribution in [3.8, 4) is 0 Å². The molecule has 3 nitrogen and oxygen atoms in total. The van der Waals surface area contributed by atoms with Crippen LogP contribution < -0.4 is 10.2 Å². The van der Waals surface area contributed by atoms with E-state index in [-0.39, 0.29) is 5.91 Å². The van der Waals surface area contributed by atoms with Crippen LogP contribution in [0, 0.1) is 13.8 Å². The topological polar surface area (TPSA) is 32.3 Å². The number of aryl methyl sites for hydroxylation is 2. The Morgan fingerprint density at radius 3 is 2.14 bits per heavy atom. The number of amides is 1. The minimum Gasteiger partial charge on any atom is -0.378 e. The maximum atomic E-state index is 12.2. The van der Waals surface area contributed by atoms with Crippen molar-refractivity contribution in [3.05, 3.63) is 64.7 Å². The van der Waals surface area contributed by atoms with Crippen LogP contribution in [-0.2, 0) is 6.42 Å². The van der Waals surface area contributed by atoms with Crippen LogP contribution in [0.2, 0.25) is 0 Å². The highest BCUT2D eigenvalue weighted by Crippen LogP contribution is 2.12. The van der Waals surface area contributed by atoms with Gasteiger partial charge in [0.05, 0.1) is 0 Å². The van der Waals surface area contributed by atoms with Crippen molar-refractivity contribution < 1.29 is 4.79 Å². The first-order chi connectivity index (χ1) is 10.5. The Hall–Kier alpha value is -2.29. The SMILES string of the molecule is Cc1cc(C)cc(C(=O)NCCc2ccc(N(C)C)cc2)c1. The highest BCUT2D eigenvalue weighted by atomic mass is 16.1. The number of carbonyl (C=O) groups is 1. The third kappa shape index (κ3) is 4.35. The van der Waals surface area contributed by atoms with Gasteiger partial charge in [0.1, 0.15) is 0 Å². The Bertz CT molecular complexity index is 625. The van der Waals surface area contributed by atoms with E-state index in [4.69, 9.17) is 0 Å². The normalized spacial score (nSPS) is 10.4. The molecule has 0 atom stereocenters. The molecule has 0 aliphatic heterocycles. The zero-order valence-electron chi connectivity index (χ0n) is 13.8. The number of anilines is 1. The summed E-state index contributed by atoms with van der Waals surface area (Å²) in [6.07, 6.45) is 0.838. The van der Waals surface area contributed by atoms with E-state index in [1.807, 2.05) is 40.1 Å². The highest BCUT2D eigenvalue weighted by molar-refractivity contribution is 5.94. The summed E-state index contributed by atoms with van der Waals surface area (Å²) in [4.78, 5) is 14.2. The van der Waals surface area contributed by atoms with Crippen LogP contribution in [-0.4, -0.2) is 26.5 Å². The summed E-state index contributed by atoms with van der Waals surface area (Å²) >= 11 is 0. The summed E-state index contributed by atoms with van der Waals surface area (Å²) < 4.78 is 0. The summed E-state index contributed by atoms with van der Waals surface area (Å²) in [7, 11) is 4.05. The molecule has 2 rings (SSSR count). The zero-order chi connectivity index (χ0) is 16.1. The number of hydrogen-bond acceptors (Lipinski definition) is 2. The number of carbonyl (C=O) groups excluding carboxylic acids is 1. The lowest BCUT2D eigenvalue weighted by Gasteiger charge is -2.13. The van der Waals surface area contributed by atoms with Crippen LogP contribution in [0.1, 0.15) is 27.0 Å². The van der Waals surface area contributed by atoms with E-state index in [1.165, 1.54) is 11.3 Å². The van der Waals surface area contributed by atoms with Crippen molar-refractivity contribution in [1.29, 1.82) is 0 Å². The molecule has 0 aliphatic carbocycles. The van der Waals surface area contributed by atoms with E-state index < -0.39 is 0 Å². The lowest BCUT2D eigenvalue weighted by atomic mass is 10.1. The van der Waals surface area contributed by atoms with Gasteiger partial charge in [0.2, 0.25) is 0 Å². The van der Waals surface area contributed by atoms with Gasteiger partial charge in [-0.2, -0.15) is 0 Å². The Morgan fingerprint density at radius 1 is 1.00 bits per heavy atom. The molecule has 22 heavy (non-hydrogen) atoms. The van der Waals surface area contributed by atoms with E-state index in [1.54, 1.807) is 0 Å².